The Hall–Kier alpha value is -2.46. The zero-order valence-electron chi connectivity index (χ0n) is 14.3. The molecule has 4 heteroatoms. The van der Waals surface area contributed by atoms with Crippen LogP contribution in [-0.4, -0.2) is 30.0 Å². The monoisotopic (exact) mass is 336 g/mol. The molecule has 2 heterocycles. The van der Waals surface area contributed by atoms with Crippen LogP contribution in [0.4, 0.5) is 4.39 Å². The maximum atomic E-state index is 13.4. The molecule has 1 aliphatic rings. The van der Waals surface area contributed by atoms with Crippen molar-refractivity contribution in [1.29, 1.82) is 0 Å². The molecule has 128 valence electrons. The van der Waals surface area contributed by atoms with Gasteiger partial charge in [0, 0.05) is 22.6 Å². The highest BCUT2D eigenvalue weighted by Crippen LogP contribution is 2.37. The molecule has 0 bridgehead atoms. The highest BCUT2D eigenvalue weighted by Gasteiger charge is 2.24. The Balaban J connectivity index is 1.96. The van der Waals surface area contributed by atoms with Gasteiger partial charge in [0.2, 0.25) is 0 Å². The molecule has 0 amide bonds. The van der Waals surface area contributed by atoms with Crippen LogP contribution in [0.1, 0.15) is 24.5 Å². The average molecular weight is 336 g/mol. The molecule has 0 unspecified atom stereocenters. The number of likely N-dealkylation sites (tertiary alicyclic amines) is 1. The summed E-state index contributed by atoms with van der Waals surface area (Å²) in [4.78, 5) is 18.1. The smallest absolute Gasteiger partial charge is 0.256 e. The second-order valence-electron chi connectivity index (χ2n) is 6.87. The van der Waals surface area contributed by atoms with Gasteiger partial charge in [0.1, 0.15) is 5.82 Å². The van der Waals surface area contributed by atoms with Crippen LogP contribution in [0.5, 0.6) is 0 Å². The van der Waals surface area contributed by atoms with Gasteiger partial charge in [0.25, 0.3) is 5.56 Å². The molecule has 1 saturated heterocycles. The predicted molar refractivity (Wildman–Crippen MR) is 99.4 cm³/mol. The summed E-state index contributed by atoms with van der Waals surface area (Å²) in [6.07, 6.45) is 2.03. The lowest BCUT2D eigenvalue weighted by Gasteiger charge is -2.30. The molecule has 1 aliphatic heterocycles. The highest BCUT2D eigenvalue weighted by molar-refractivity contribution is 5.97. The summed E-state index contributed by atoms with van der Waals surface area (Å²) in [5.74, 6) is 0.0619. The third-order valence-corrected chi connectivity index (χ3v) is 5.22. The third-order valence-electron chi connectivity index (χ3n) is 5.22. The average Bonchev–Trinajstić information content (AvgIpc) is 2.63. The maximum absolute atomic E-state index is 13.4. The summed E-state index contributed by atoms with van der Waals surface area (Å²) in [7, 11) is 2.13. The van der Waals surface area contributed by atoms with Crippen LogP contribution < -0.4 is 5.56 Å². The fraction of sp³-hybridized carbons (Fsp3) is 0.286. The number of fused-ring (bicyclic) bond motifs is 1. The van der Waals surface area contributed by atoms with Crippen molar-refractivity contribution in [1.82, 2.24) is 9.88 Å². The first kappa shape index (κ1) is 16.0. The van der Waals surface area contributed by atoms with E-state index in [0.717, 1.165) is 48.1 Å². The van der Waals surface area contributed by atoms with Crippen molar-refractivity contribution in [2.24, 2.45) is 0 Å². The topological polar surface area (TPSA) is 36.1 Å². The zero-order valence-corrected chi connectivity index (χ0v) is 14.3. The van der Waals surface area contributed by atoms with E-state index in [2.05, 4.69) is 16.9 Å². The van der Waals surface area contributed by atoms with Crippen molar-refractivity contribution in [2.75, 3.05) is 20.1 Å². The van der Waals surface area contributed by atoms with Crippen LogP contribution >= 0.6 is 0 Å². The Bertz CT molecular complexity index is 954. The molecular formula is C21H21FN2O. The lowest BCUT2D eigenvalue weighted by molar-refractivity contribution is 0.253. The van der Waals surface area contributed by atoms with E-state index < -0.39 is 0 Å². The second kappa shape index (κ2) is 6.45. The fourth-order valence-corrected chi connectivity index (χ4v) is 3.83. The van der Waals surface area contributed by atoms with Crippen LogP contribution in [0.3, 0.4) is 0 Å². The highest BCUT2D eigenvalue weighted by atomic mass is 19.1. The number of nitrogens with zero attached hydrogens (tertiary/aromatic N) is 1. The van der Waals surface area contributed by atoms with E-state index in [-0.39, 0.29) is 11.4 Å². The van der Waals surface area contributed by atoms with Gasteiger partial charge < -0.3 is 9.88 Å². The minimum atomic E-state index is -0.252. The molecule has 0 atom stereocenters. The van der Waals surface area contributed by atoms with Gasteiger partial charge in [-0.05, 0) is 62.1 Å². The first-order chi connectivity index (χ1) is 12.1. The maximum Gasteiger partial charge on any atom is 0.256 e. The number of H-pyrrole nitrogens is 1. The van der Waals surface area contributed by atoms with Crippen molar-refractivity contribution in [2.45, 2.75) is 18.8 Å². The van der Waals surface area contributed by atoms with Crippen molar-refractivity contribution in [3.05, 3.63) is 70.4 Å². The summed E-state index contributed by atoms with van der Waals surface area (Å²) in [6, 6.07) is 14.2. The summed E-state index contributed by atoms with van der Waals surface area (Å²) >= 11 is 0. The Kier molecular flexibility index (Phi) is 4.14. The van der Waals surface area contributed by atoms with Crippen molar-refractivity contribution in [3.8, 4) is 11.1 Å². The largest absolute Gasteiger partial charge is 0.325 e. The van der Waals surface area contributed by atoms with Crippen LogP contribution in [0.2, 0.25) is 0 Å². The summed E-state index contributed by atoms with van der Waals surface area (Å²) in [6.45, 7) is 2.03. The minimum absolute atomic E-state index is 0.0459. The van der Waals surface area contributed by atoms with Gasteiger partial charge in [-0.2, -0.15) is 0 Å². The number of hydrogen-bond donors (Lipinski definition) is 1. The molecule has 0 aliphatic carbocycles. The molecule has 2 aromatic carbocycles. The minimum Gasteiger partial charge on any atom is -0.325 e. The normalized spacial score (nSPS) is 16.4. The molecule has 1 fully saturated rings. The van der Waals surface area contributed by atoms with Crippen LogP contribution in [0.15, 0.2) is 53.3 Å². The van der Waals surface area contributed by atoms with Gasteiger partial charge in [0.15, 0.2) is 0 Å². The lowest BCUT2D eigenvalue weighted by Crippen LogP contribution is -2.30. The van der Waals surface area contributed by atoms with E-state index in [4.69, 9.17) is 0 Å². The number of aromatic nitrogens is 1. The first-order valence-corrected chi connectivity index (χ1v) is 8.73. The molecule has 0 spiro atoms. The molecule has 0 radical (unpaired) electrons. The van der Waals surface area contributed by atoms with E-state index >= 15 is 0 Å². The summed E-state index contributed by atoms with van der Waals surface area (Å²) in [5.41, 5.74) is 2.92. The zero-order chi connectivity index (χ0) is 17.4. The van der Waals surface area contributed by atoms with Gasteiger partial charge in [-0.3, -0.25) is 4.79 Å². The molecule has 3 nitrogen and oxygen atoms in total. The van der Waals surface area contributed by atoms with Crippen molar-refractivity contribution >= 4 is 10.8 Å². The number of rotatable bonds is 2. The van der Waals surface area contributed by atoms with Gasteiger partial charge >= 0.3 is 0 Å². The number of aromatic amines is 1. The quantitative estimate of drug-likeness (QED) is 0.763. The molecule has 1 aromatic heterocycles. The van der Waals surface area contributed by atoms with Gasteiger partial charge in [0.05, 0.1) is 0 Å². The van der Waals surface area contributed by atoms with Gasteiger partial charge in [-0.25, -0.2) is 4.39 Å². The Morgan fingerprint density at radius 3 is 2.32 bits per heavy atom. The molecule has 1 N–H and O–H groups in total. The van der Waals surface area contributed by atoms with Crippen LogP contribution in [0.25, 0.3) is 21.9 Å². The summed E-state index contributed by atoms with van der Waals surface area (Å²) < 4.78 is 13.4. The molecule has 25 heavy (non-hydrogen) atoms. The lowest BCUT2D eigenvalue weighted by atomic mass is 9.86. The van der Waals surface area contributed by atoms with E-state index in [1.165, 1.54) is 12.1 Å². The number of pyridine rings is 1. The van der Waals surface area contributed by atoms with Gasteiger partial charge in [-0.1, -0.05) is 30.3 Å². The first-order valence-electron chi connectivity index (χ1n) is 8.73. The van der Waals surface area contributed by atoms with E-state index in [1.54, 1.807) is 12.1 Å². The number of halogens is 1. The SMILES string of the molecule is CN1CCC(c2[nH]c(=O)c3ccccc3c2-c2ccc(F)cc2)CC1. The van der Waals surface area contributed by atoms with E-state index in [1.807, 2.05) is 24.3 Å². The number of hydrogen-bond acceptors (Lipinski definition) is 2. The third kappa shape index (κ3) is 2.98. The van der Waals surface area contributed by atoms with E-state index in [0.29, 0.717) is 11.3 Å². The number of piperidine rings is 1. The van der Waals surface area contributed by atoms with Crippen LogP contribution in [0, 0.1) is 5.82 Å². The molecule has 4 rings (SSSR count). The predicted octanol–water partition coefficient (Wildman–Crippen LogP) is 4.14. The number of nitrogens with one attached hydrogen (secondary N) is 1. The fourth-order valence-electron chi connectivity index (χ4n) is 3.83. The van der Waals surface area contributed by atoms with Crippen molar-refractivity contribution < 1.29 is 4.39 Å². The Labute approximate surface area is 146 Å². The summed E-state index contributed by atoms with van der Waals surface area (Å²) in [5, 5.41) is 1.62. The standard InChI is InChI=1S/C21H21FN2O/c1-24-12-10-15(11-13-24)20-19(14-6-8-16(22)9-7-14)17-4-2-3-5-18(17)21(25)23-20/h2-9,15H,10-13H2,1H3,(H,23,25). The number of benzene rings is 2. The van der Waals surface area contributed by atoms with Gasteiger partial charge in [-0.15, -0.1) is 0 Å². The Morgan fingerprint density at radius 1 is 1.00 bits per heavy atom. The van der Waals surface area contributed by atoms with E-state index in [9.17, 15) is 9.18 Å². The molecular weight excluding hydrogens is 315 g/mol. The van der Waals surface area contributed by atoms with Crippen molar-refractivity contribution in [3.63, 3.8) is 0 Å². The van der Waals surface area contributed by atoms with Crippen LogP contribution in [-0.2, 0) is 0 Å². The Morgan fingerprint density at radius 2 is 1.64 bits per heavy atom. The molecule has 3 aromatic rings. The molecule has 0 saturated carbocycles. The second-order valence-corrected chi connectivity index (χ2v) is 6.87.